The fraction of sp³-hybridized carbons (Fsp3) is 0.500. The smallest absolute Gasteiger partial charge is 0.414 e. The summed E-state index contributed by atoms with van der Waals surface area (Å²) < 4.78 is 15.7. The predicted molar refractivity (Wildman–Crippen MR) is 79.0 cm³/mol. The van der Waals surface area contributed by atoms with E-state index in [-0.39, 0.29) is 24.3 Å². The molecule has 1 aliphatic heterocycles. The van der Waals surface area contributed by atoms with Gasteiger partial charge in [-0.3, -0.25) is 4.90 Å². The molecule has 1 amide bonds. The molecule has 1 aliphatic carbocycles. The van der Waals surface area contributed by atoms with Crippen LogP contribution in [0.5, 0.6) is 0 Å². The molecule has 0 spiro atoms. The van der Waals surface area contributed by atoms with E-state index in [0.29, 0.717) is 18.7 Å². The number of carbonyl (C=O) groups excluding carboxylic acids is 2. The van der Waals surface area contributed by atoms with E-state index in [0.717, 1.165) is 24.9 Å². The Morgan fingerprint density at radius 2 is 1.95 bits per heavy atom. The standard InChI is InChI=1S/C16H19NO5/c1-20-13-3-2-4-14(13)22-15(18)11-5-7-12(8-6-11)17-9-10-21-16(17)19/h5-8,13-14H,2-4,9-10H2,1H3/t13-,14+/m1/s1. The Bertz CT molecular complexity index is 556. The predicted octanol–water partition coefficient (Wildman–Crippen LogP) is 2.37. The number of benzene rings is 1. The van der Waals surface area contributed by atoms with E-state index in [1.165, 1.54) is 4.90 Å². The van der Waals surface area contributed by atoms with Crippen molar-refractivity contribution in [2.75, 3.05) is 25.2 Å². The first kappa shape index (κ1) is 14.8. The van der Waals surface area contributed by atoms with Crippen molar-refractivity contribution in [3.63, 3.8) is 0 Å². The highest BCUT2D eigenvalue weighted by Gasteiger charge is 2.31. The van der Waals surface area contributed by atoms with Crippen LogP contribution in [-0.2, 0) is 14.2 Å². The number of nitrogens with zero attached hydrogens (tertiary/aromatic N) is 1. The molecular formula is C16H19NO5. The van der Waals surface area contributed by atoms with Gasteiger partial charge < -0.3 is 14.2 Å². The van der Waals surface area contributed by atoms with Crippen LogP contribution in [-0.4, -0.2) is 44.5 Å². The van der Waals surface area contributed by atoms with E-state index in [4.69, 9.17) is 14.2 Å². The maximum absolute atomic E-state index is 12.2. The summed E-state index contributed by atoms with van der Waals surface area (Å²) in [6.45, 7) is 0.920. The topological polar surface area (TPSA) is 65.1 Å². The number of hydrogen-bond donors (Lipinski definition) is 0. The minimum absolute atomic E-state index is 0.0115. The van der Waals surface area contributed by atoms with Crippen LogP contribution in [0.3, 0.4) is 0 Å². The third-order valence-electron chi connectivity index (χ3n) is 4.13. The van der Waals surface area contributed by atoms with Gasteiger partial charge in [-0.25, -0.2) is 9.59 Å². The van der Waals surface area contributed by atoms with Gasteiger partial charge >= 0.3 is 12.1 Å². The average molecular weight is 305 g/mol. The number of cyclic esters (lactones) is 1. The normalized spacial score (nSPS) is 24.4. The molecule has 0 N–H and O–H groups in total. The summed E-state index contributed by atoms with van der Waals surface area (Å²) in [7, 11) is 1.64. The van der Waals surface area contributed by atoms with E-state index < -0.39 is 0 Å². The largest absolute Gasteiger partial charge is 0.456 e. The molecule has 6 nitrogen and oxygen atoms in total. The lowest BCUT2D eigenvalue weighted by Gasteiger charge is -2.19. The van der Waals surface area contributed by atoms with Gasteiger partial charge in [0.15, 0.2) is 0 Å². The number of rotatable bonds is 4. The van der Waals surface area contributed by atoms with Crippen molar-refractivity contribution >= 4 is 17.7 Å². The summed E-state index contributed by atoms with van der Waals surface area (Å²) in [6, 6.07) is 6.79. The molecule has 1 heterocycles. The first-order chi connectivity index (χ1) is 10.7. The van der Waals surface area contributed by atoms with Gasteiger partial charge in [0.25, 0.3) is 0 Å². The van der Waals surface area contributed by atoms with Crippen molar-refractivity contribution in [1.82, 2.24) is 0 Å². The minimum Gasteiger partial charge on any atom is -0.456 e. The average Bonchev–Trinajstić information content (AvgIpc) is 3.16. The van der Waals surface area contributed by atoms with Gasteiger partial charge in [0, 0.05) is 12.8 Å². The van der Waals surface area contributed by atoms with Crippen LogP contribution in [0.1, 0.15) is 29.6 Å². The number of methoxy groups -OCH3 is 1. The first-order valence-electron chi connectivity index (χ1n) is 7.47. The molecule has 118 valence electrons. The van der Waals surface area contributed by atoms with Crippen molar-refractivity contribution in [2.24, 2.45) is 0 Å². The lowest BCUT2D eigenvalue weighted by molar-refractivity contribution is -0.0206. The molecule has 2 atom stereocenters. The van der Waals surface area contributed by atoms with Crippen molar-refractivity contribution in [2.45, 2.75) is 31.5 Å². The van der Waals surface area contributed by atoms with Crippen molar-refractivity contribution in [1.29, 1.82) is 0 Å². The van der Waals surface area contributed by atoms with Crippen LogP contribution in [0.4, 0.5) is 10.5 Å². The summed E-state index contributed by atoms with van der Waals surface area (Å²) >= 11 is 0. The number of hydrogen-bond acceptors (Lipinski definition) is 5. The van der Waals surface area contributed by atoms with Gasteiger partial charge in [-0.15, -0.1) is 0 Å². The van der Waals surface area contributed by atoms with Crippen LogP contribution in [0.2, 0.25) is 0 Å². The molecule has 1 saturated carbocycles. The summed E-state index contributed by atoms with van der Waals surface area (Å²) in [4.78, 5) is 25.2. The lowest BCUT2D eigenvalue weighted by Crippen LogP contribution is -2.27. The monoisotopic (exact) mass is 305 g/mol. The highest BCUT2D eigenvalue weighted by Crippen LogP contribution is 2.26. The van der Waals surface area contributed by atoms with Crippen LogP contribution < -0.4 is 4.90 Å². The molecule has 22 heavy (non-hydrogen) atoms. The van der Waals surface area contributed by atoms with Gasteiger partial charge in [-0.05, 0) is 43.5 Å². The van der Waals surface area contributed by atoms with Crippen molar-refractivity contribution < 1.29 is 23.8 Å². The second-order valence-corrected chi connectivity index (χ2v) is 5.46. The van der Waals surface area contributed by atoms with Crippen molar-refractivity contribution in [3.05, 3.63) is 29.8 Å². The zero-order chi connectivity index (χ0) is 15.5. The summed E-state index contributed by atoms with van der Waals surface area (Å²) in [5.74, 6) is -0.357. The second-order valence-electron chi connectivity index (χ2n) is 5.46. The van der Waals surface area contributed by atoms with E-state index in [9.17, 15) is 9.59 Å². The number of carbonyl (C=O) groups is 2. The Labute approximate surface area is 128 Å². The van der Waals surface area contributed by atoms with Gasteiger partial charge in [0.05, 0.1) is 18.2 Å². The fourth-order valence-corrected chi connectivity index (χ4v) is 2.91. The number of amides is 1. The molecule has 3 rings (SSSR count). The Kier molecular flexibility index (Phi) is 4.29. The van der Waals surface area contributed by atoms with Crippen LogP contribution in [0, 0.1) is 0 Å². The Morgan fingerprint density at radius 3 is 2.59 bits per heavy atom. The van der Waals surface area contributed by atoms with Gasteiger partial charge in [0.2, 0.25) is 0 Å². The highest BCUT2D eigenvalue weighted by molar-refractivity contribution is 5.92. The molecule has 1 aromatic rings. The second kappa shape index (κ2) is 6.36. The third kappa shape index (κ3) is 2.92. The maximum Gasteiger partial charge on any atom is 0.414 e. The van der Waals surface area contributed by atoms with Gasteiger partial charge in [-0.2, -0.15) is 0 Å². The van der Waals surface area contributed by atoms with E-state index in [1.807, 2.05) is 0 Å². The van der Waals surface area contributed by atoms with Crippen LogP contribution in [0.25, 0.3) is 0 Å². The fourth-order valence-electron chi connectivity index (χ4n) is 2.91. The quantitative estimate of drug-likeness (QED) is 0.799. The first-order valence-corrected chi connectivity index (χ1v) is 7.47. The van der Waals surface area contributed by atoms with Crippen LogP contribution in [0.15, 0.2) is 24.3 Å². The molecule has 6 heteroatoms. The lowest BCUT2D eigenvalue weighted by atomic mass is 10.2. The Morgan fingerprint density at radius 1 is 1.23 bits per heavy atom. The minimum atomic E-state index is -0.357. The molecule has 0 radical (unpaired) electrons. The Balaban J connectivity index is 1.65. The molecule has 2 aliphatic rings. The third-order valence-corrected chi connectivity index (χ3v) is 4.13. The molecule has 0 unspecified atom stereocenters. The van der Waals surface area contributed by atoms with E-state index in [1.54, 1.807) is 31.4 Å². The zero-order valence-corrected chi connectivity index (χ0v) is 12.5. The molecule has 2 fully saturated rings. The van der Waals surface area contributed by atoms with Crippen molar-refractivity contribution in [3.8, 4) is 0 Å². The van der Waals surface area contributed by atoms with E-state index in [2.05, 4.69) is 0 Å². The summed E-state index contributed by atoms with van der Waals surface area (Å²) in [5.41, 5.74) is 1.19. The molecule has 0 bridgehead atoms. The highest BCUT2D eigenvalue weighted by atomic mass is 16.6. The number of anilines is 1. The van der Waals surface area contributed by atoms with Crippen LogP contribution >= 0.6 is 0 Å². The van der Waals surface area contributed by atoms with Gasteiger partial charge in [-0.1, -0.05) is 0 Å². The molecule has 0 aromatic heterocycles. The number of esters is 1. The SMILES string of the molecule is CO[C@@H]1CCC[C@@H]1OC(=O)c1ccc(N2CCOC2=O)cc1. The number of ether oxygens (including phenoxy) is 3. The molecular weight excluding hydrogens is 286 g/mol. The zero-order valence-electron chi connectivity index (χ0n) is 12.5. The summed E-state index contributed by atoms with van der Waals surface area (Å²) in [6.07, 6.45) is 2.22. The molecule has 1 saturated heterocycles. The summed E-state index contributed by atoms with van der Waals surface area (Å²) in [5, 5.41) is 0. The van der Waals surface area contributed by atoms with Gasteiger partial charge in [0.1, 0.15) is 12.7 Å². The Hall–Kier alpha value is -2.08. The molecule has 1 aromatic carbocycles. The maximum atomic E-state index is 12.2. The van der Waals surface area contributed by atoms with E-state index >= 15 is 0 Å².